The first-order chi connectivity index (χ1) is 9.80. The number of furan rings is 1. The van der Waals surface area contributed by atoms with Gasteiger partial charge in [0.2, 0.25) is 0 Å². The van der Waals surface area contributed by atoms with Gasteiger partial charge in [0.05, 0.1) is 6.04 Å². The van der Waals surface area contributed by atoms with Crippen LogP contribution in [0, 0.1) is 0 Å². The van der Waals surface area contributed by atoms with Gasteiger partial charge in [-0.3, -0.25) is 0 Å². The number of hydrogen-bond acceptors (Lipinski definition) is 3. The Morgan fingerprint density at radius 1 is 1.15 bits per heavy atom. The predicted octanol–water partition coefficient (Wildman–Crippen LogP) is 3.69. The lowest BCUT2D eigenvalue weighted by molar-refractivity contribution is 0.162. The topological polar surface area (TPSA) is 34.4 Å². The monoisotopic (exact) mass is 273 g/mol. The SMILES string of the molecule is CCNC(c1ccc(COC)o1)c1ccccc1CC. The molecule has 1 unspecified atom stereocenters. The van der Waals surface area contributed by atoms with Crippen LogP contribution in [0.5, 0.6) is 0 Å². The summed E-state index contributed by atoms with van der Waals surface area (Å²) in [5.74, 6) is 1.80. The van der Waals surface area contributed by atoms with Crippen molar-refractivity contribution < 1.29 is 9.15 Å². The third kappa shape index (κ3) is 3.30. The molecule has 0 bridgehead atoms. The van der Waals surface area contributed by atoms with Crippen molar-refractivity contribution in [2.45, 2.75) is 32.9 Å². The molecule has 0 aliphatic heterocycles. The lowest BCUT2D eigenvalue weighted by atomic mass is 9.97. The van der Waals surface area contributed by atoms with E-state index in [-0.39, 0.29) is 6.04 Å². The molecule has 0 saturated heterocycles. The minimum atomic E-state index is 0.0988. The van der Waals surface area contributed by atoms with E-state index in [1.54, 1.807) is 7.11 Å². The number of benzene rings is 1. The molecule has 0 radical (unpaired) electrons. The maximum atomic E-state index is 5.91. The summed E-state index contributed by atoms with van der Waals surface area (Å²) in [7, 11) is 1.68. The van der Waals surface area contributed by atoms with E-state index >= 15 is 0 Å². The van der Waals surface area contributed by atoms with E-state index in [2.05, 4.69) is 43.4 Å². The molecule has 1 atom stereocenters. The van der Waals surface area contributed by atoms with E-state index in [1.165, 1.54) is 11.1 Å². The fraction of sp³-hybridized carbons (Fsp3) is 0.412. The molecule has 1 heterocycles. The zero-order chi connectivity index (χ0) is 14.4. The van der Waals surface area contributed by atoms with Gasteiger partial charge in [0.1, 0.15) is 18.1 Å². The van der Waals surface area contributed by atoms with Crippen LogP contribution in [0.25, 0.3) is 0 Å². The molecule has 0 spiro atoms. The second kappa shape index (κ2) is 7.27. The highest BCUT2D eigenvalue weighted by Gasteiger charge is 2.19. The highest BCUT2D eigenvalue weighted by atomic mass is 16.5. The molecular weight excluding hydrogens is 250 g/mol. The second-order valence-corrected chi connectivity index (χ2v) is 4.78. The van der Waals surface area contributed by atoms with Crippen LogP contribution in [0.15, 0.2) is 40.8 Å². The number of methoxy groups -OCH3 is 1. The van der Waals surface area contributed by atoms with Gasteiger partial charge >= 0.3 is 0 Å². The van der Waals surface area contributed by atoms with Crippen LogP contribution >= 0.6 is 0 Å². The Kier molecular flexibility index (Phi) is 5.39. The maximum absolute atomic E-state index is 5.91. The Morgan fingerprint density at radius 3 is 2.65 bits per heavy atom. The van der Waals surface area contributed by atoms with Gasteiger partial charge in [0.25, 0.3) is 0 Å². The van der Waals surface area contributed by atoms with Crippen molar-refractivity contribution in [2.24, 2.45) is 0 Å². The lowest BCUT2D eigenvalue weighted by Crippen LogP contribution is -2.22. The van der Waals surface area contributed by atoms with Crippen molar-refractivity contribution in [1.29, 1.82) is 0 Å². The molecule has 0 aliphatic rings. The van der Waals surface area contributed by atoms with Gasteiger partial charge in [-0.15, -0.1) is 0 Å². The van der Waals surface area contributed by atoms with E-state index in [4.69, 9.17) is 9.15 Å². The van der Waals surface area contributed by atoms with Gasteiger partial charge in [-0.25, -0.2) is 0 Å². The molecular formula is C17H23NO2. The first-order valence-corrected chi connectivity index (χ1v) is 7.18. The van der Waals surface area contributed by atoms with Crippen molar-refractivity contribution in [3.8, 4) is 0 Å². The normalized spacial score (nSPS) is 12.6. The van der Waals surface area contributed by atoms with Gasteiger partial charge in [0.15, 0.2) is 0 Å². The van der Waals surface area contributed by atoms with E-state index in [0.717, 1.165) is 24.5 Å². The molecule has 2 rings (SSSR count). The summed E-state index contributed by atoms with van der Waals surface area (Å²) in [6, 6.07) is 12.6. The molecule has 3 nitrogen and oxygen atoms in total. The lowest BCUT2D eigenvalue weighted by Gasteiger charge is -2.19. The predicted molar refractivity (Wildman–Crippen MR) is 80.8 cm³/mol. The Hall–Kier alpha value is -1.58. The third-order valence-corrected chi connectivity index (χ3v) is 3.41. The fourth-order valence-corrected chi connectivity index (χ4v) is 2.48. The van der Waals surface area contributed by atoms with Gasteiger partial charge in [-0.1, -0.05) is 38.1 Å². The van der Waals surface area contributed by atoms with Crippen molar-refractivity contribution in [1.82, 2.24) is 5.32 Å². The molecule has 1 N–H and O–H groups in total. The van der Waals surface area contributed by atoms with Crippen LogP contribution in [-0.2, 0) is 17.8 Å². The van der Waals surface area contributed by atoms with Crippen LogP contribution < -0.4 is 5.32 Å². The Labute approximate surface area is 121 Å². The highest BCUT2D eigenvalue weighted by Crippen LogP contribution is 2.27. The average Bonchev–Trinajstić information content (AvgIpc) is 2.93. The molecule has 108 valence electrons. The first-order valence-electron chi connectivity index (χ1n) is 7.18. The van der Waals surface area contributed by atoms with Crippen LogP contribution in [-0.4, -0.2) is 13.7 Å². The molecule has 0 fully saturated rings. The Bertz CT molecular complexity index is 533. The molecule has 2 aromatic rings. The van der Waals surface area contributed by atoms with Crippen LogP contribution in [0.1, 0.15) is 42.5 Å². The average molecular weight is 273 g/mol. The minimum absolute atomic E-state index is 0.0988. The largest absolute Gasteiger partial charge is 0.462 e. The van der Waals surface area contributed by atoms with E-state index in [9.17, 15) is 0 Å². The summed E-state index contributed by atoms with van der Waals surface area (Å²) >= 11 is 0. The molecule has 3 heteroatoms. The summed E-state index contributed by atoms with van der Waals surface area (Å²) < 4.78 is 11.0. The van der Waals surface area contributed by atoms with Crippen molar-refractivity contribution in [2.75, 3.05) is 13.7 Å². The summed E-state index contributed by atoms with van der Waals surface area (Å²) in [5.41, 5.74) is 2.64. The van der Waals surface area contributed by atoms with E-state index in [0.29, 0.717) is 6.61 Å². The third-order valence-electron chi connectivity index (χ3n) is 3.41. The number of aryl methyl sites for hydroxylation is 1. The summed E-state index contributed by atoms with van der Waals surface area (Å²) in [5, 5.41) is 3.51. The van der Waals surface area contributed by atoms with Gasteiger partial charge < -0.3 is 14.5 Å². The summed E-state index contributed by atoms with van der Waals surface area (Å²) in [6.45, 7) is 5.69. The molecule has 0 amide bonds. The molecule has 1 aromatic heterocycles. The number of nitrogens with one attached hydrogen (secondary N) is 1. The fourth-order valence-electron chi connectivity index (χ4n) is 2.48. The first kappa shape index (κ1) is 14.8. The van der Waals surface area contributed by atoms with E-state index < -0.39 is 0 Å². The van der Waals surface area contributed by atoms with Crippen LogP contribution in [0.3, 0.4) is 0 Å². The zero-order valence-corrected chi connectivity index (χ0v) is 12.5. The molecule has 20 heavy (non-hydrogen) atoms. The molecule has 0 saturated carbocycles. The molecule has 1 aromatic carbocycles. The summed E-state index contributed by atoms with van der Waals surface area (Å²) in [4.78, 5) is 0. The van der Waals surface area contributed by atoms with Crippen LogP contribution in [0.2, 0.25) is 0 Å². The van der Waals surface area contributed by atoms with Gasteiger partial charge in [-0.05, 0) is 36.2 Å². The van der Waals surface area contributed by atoms with Crippen molar-refractivity contribution in [3.05, 3.63) is 59.0 Å². The summed E-state index contributed by atoms with van der Waals surface area (Å²) in [6.07, 6.45) is 1.02. The number of hydrogen-bond donors (Lipinski definition) is 1. The van der Waals surface area contributed by atoms with E-state index in [1.807, 2.05) is 12.1 Å². The Morgan fingerprint density at radius 2 is 1.95 bits per heavy atom. The Balaban J connectivity index is 2.34. The number of ether oxygens (including phenoxy) is 1. The minimum Gasteiger partial charge on any atom is -0.462 e. The zero-order valence-electron chi connectivity index (χ0n) is 12.5. The second-order valence-electron chi connectivity index (χ2n) is 4.78. The smallest absolute Gasteiger partial charge is 0.129 e. The van der Waals surface area contributed by atoms with Gasteiger partial charge in [0, 0.05) is 7.11 Å². The van der Waals surface area contributed by atoms with Gasteiger partial charge in [-0.2, -0.15) is 0 Å². The highest BCUT2D eigenvalue weighted by molar-refractivity contribution is 5.35. The molecule has 0 aliphatic carbocycles. The quantitative estimate of drug-likeness (QED) is 0.835. The maximum Gasteiger partial charge on any atom is 0.129 e. The van der Waals surface area contributed by atoms with Crippen molar-refractivity contribution >= 4 is 0 Å². The van der Waals surface area contributed by atoms with Crippen molar-refractivity contribution in [3.63, 3.8) is 0 Å². The van der Waals surface area contributed by atoms with Crippen LogP contribution in [0.4, 0.5) is 0 Å². The number of rotatable bonds is 7. The standard InChI is InChI=1S/C17H23NO2/c1-4-13-8-6-7-9-15(13)17(18-5-2)16-11-10-14(20-16)12-19-3/h6-11,17-18H,4-5,12H2,1-3H3.